The van der Waals surface area contributed by atoms with E-state index in [2.05, 4.69) is 0 Å². The molecule has 66 valence electrons. The standard InChI is InChI=1S/C9H10O2.ClH/c10-8-3-1-7(2-4-8)5-9-6-11-9;/h1-4,9-10H,5-6H2;1H. The van der Waals surface area contributed by atoms with Crippen LogP contribution in [0.2, 0.25) is 0 Å². The van der Waals surface area contributed by atoms with Gasteiger partial charge >= 0.3 is 0 Å². The smallest absolute Gasteiger partial charge is 0.115 e. The van der Waals surface area contributed by atoms with Crippen LogP contribution < -0.4 is 0 Å². The van der Waals surface area contributed by atoms with Gasteiger partial charge in [-0.05, 0) is 17.7 Å². The number of benzene rings is 1. The highest BCUT2D eigenvalue weighted by Crippen LogP contribution is 2.17. The zero-order chi connectivity index (χ0) is 7.68. The van der Waals surface area contributed by atoms with Crippen molar-refractivity contribution in [3.05, 3.63) is 29.8 Å². The van der Waals surface area contributed by atoms with Gasteiger partial charge in [-0.2, -0.15) is 0 Å². The van der Waals surface area contributed by atoms with Gasteiger partial charge < -0.3 is 9.84 Å². The van der Waals surface area contributed by atoms with Gasteiger partial charge in [0.2, 0.25) is 0 Å². The van der Waals surface area contributed by atoms with Crippen LogP contribution in [0.1, 0.15) is 5.56 Å². The highest BCUT2D eigenvalue weighted by Gasteiger charge is 2.22. The molecule has 0 spiro atoms. The molecule has 1 heterocycles. The van der Waals surface area contributed by atoms with Crippen molar-refractivity contribution in [1.29, 1.82) is 0 Å². The molecule has 3 heteroatoms. The first-order valence-corrected chi connectivity index (χ1v) is 3.74. The molecule has 1 atom stereocenters. The van der Waals surface area contributed by atoms with Crippen molar-refractivity contribution in [2.45, 2.75) is 12.5 Å². The van der Waals surface area contributed by atoms with Crippen LogP contribution in [0, 0.1) is 0 Å². The zero-order valence-corrected chi connectivity index (χ0v) is 7.38. The highest BCUT2D eigenvalue weighted by atomic mass is 35.5. The second-order valence-electron chi connectivity index (χ2n) is 2.83. The Balaban J connectivity index is 0.000000720. The summed E-state index contributed by atoms with van der Waals surface area (Å²) in [5, 5.41) is 8.98. The first kappa shape index (κ1) is 9.36. The summed E-state index contributed by atoms with van der Waals surface area (Å²) < 4.78 is 5.08. The number of ether oxygens (including phenoxy) is 1. The number of hydrogen-bond donors (Lipinski definition) is 1. The minimum absolute atomic E-state index is 0. The summed E-state index contributed by atoms with van der Waals surface area (Å²) >= 11 is 0. The molecule has 0 aromatic heterocycles. The summed E-state index contributed by atoms with van der Waals surface area (Å²) in [6.45, 7) is 0.890. The number of phenols is 1. The van der Waals surface area contributed by atoms with E-state index < -0.39 is 0 Å². The van der Waals surface area contributed by atoms with Crippen molar-refractivity contribution >= 4 is 12.4 Å². The molecule has 2 nitrogen and oxygen atoms in total. The maximum atomic E-state index is 8.98. The van der Waals surface area contributed by atoms with Crippen LogP contribution in [-0.2, 0) is 11.2 Å². The normalized spacial score (nSPS) is 19.8. The maximum absolute atomic E-state index is 8.98. The van der Waals surface area contributed by atoms with Crippen molar-refractivity contribution < 1.29 is 9.84 Å². The molecule has 12 heavy (non-hydrogen) atoms. The Labute approximate surface area is 77.6 Å². The van der Waals surface area contributed by atoms with Gasteiger partial charge in [0.05, 0.1) is 12.7 Å². The van der Waals surface area contributed by atoms with E-state index in [1.165, 1.54) is 5.56 Å². The molecule has 1 unspecified atom stereocenters. The summed E-state index contributed by atoms with van der Waals surface area (Å²) in [7, 11) is 0. The van der Waals surface area contributed by atoms with Crippen LogP contribution in [0.4, 0.5) is 0 Å². The summed E-state index contributed by atoms with van der Waals surface area (Å²) in [5.41, 5.74) is 1.23. The topological polar surface area (TPSA) is 32.8 Å². The number of phenolic OH excluding ortho intramolecular Hbond substituents is 1. The molecule has 1 N–H and O–H groups in total. The summed E-state index contributed by atoms with van der Waals surface area (Å²) in [4.78, 5) is 0. The highest BCUT2D eigenvalue weighted by molar-refractivity contribution is 5.85. The molecule has 0 radical (unpaired) electrons. The van der Waals surface area contributed by atoms with Crippen LogP contribution >= 0.6 is 12.4 Å². The molecule has 2 rings (SSSR count). The van der Waals surface area contributed by atoms with E-state index in [1.807, 2.05) is 12.1 Å². The van der Waals surface area contributed by atoms with Crippen LogP contribution in [0.15, 0.2) is 24.3 Å². The molecule has 1 aromatic rings. The second kappa shape index (κ2) is 3.78. The lowest BCUT2D eigenvalue weighted by Gasteiger charge is -1.96. The number of rotatable bonds is 2. The lowest BCUT2D eigenvalue weighted by atomic mass is 10.1. The fourth-order valence-electron chi connectivity index (χ4n) is 1.08. The molecule has 1 aliphatic heterocycles. The molecule has 0 amide bonds. The third-order valence-corrected chi connectivity index (χ3v) is 1.80. The van der Waals surface area contributed by atoms with Gasteiger partial charge in [-0.3, -0.25) is 0 Å². The third-order valence-electron chi connectivity index (χ3n) is 1.80. The fraction of sp³-hybridized carbons (Fsp3) is 0.333. The Hall–Kier alpha value is -0.730. The molecule has 0 aliphatic carbocycles. The Morgan fingerprint density at radius 1 is 1.33 bits per heavy atom. The van der Waals surface area contributed by atoms with E-state index in [1.54, 1.807) is 12.1 Å². The van der Waals surface area contributed by atoms with Crippen LogP contribution in [0.3, 0.4) is 0 Å². The monoisotopic (exact) mass is 186 g/mol. The molecule has 0 saturated carbocycles. The first-order chi connectivity index (χ1) is 5.34. The number of halogens is 1. The number of aromatic hydroxyl groups is 1. The second-order valence-corrected chi connectivity index (χ2v) is 2.83. The molecule has 1 fully saturated rings. The summed E-state index contributed by atoms with van der Waals surface area (Å²) in [6.07, 6.45) is 1.40. The quantitative estimate of drug-likeness (QED) is 0.714. The van der Waals surface area contributed by atoms with Crippen molar-refractivity contribution in [2.24, 2.45) is 0 Å². The zero-order valence-electron chi connectivity index (χ0n) is 6.56. The molecular weight excluding hydrogens is 176 g/mol. The van der Waals surface area contributed by atoms with Gasteiger partial charge in [0.25, 0.3) is 0 Å². The van der Waals surface area contributed by atoms with E-state index in [0.29, 0.717) is 11.9 Å². The minimum Gasteiger partial charge on any atom is -0.508 e. The predicted molar refractivity (Wildman–Crippen MR) is 48.8 cm³/mol. The summed E-state index contributed by atoms with van der Waals surface area (Å²) in [6, 6.07) is 7.27. The van der Waals surface area contributed by atoms with Gasteiger partial charge in [0.1, 0.15) is 5.75 Å². The van der Waals surface area contributed by atoms with E-state index in [9.17, 15) is 0 Å². The van der Waals surface area contributed by atoms with E-state index in [4.69, 9.17) is 9.84 Å². The third kappa shape index (κ3) is 2.40. The SMILES string of the molecule is Cl.Oc1ccc(CC2CO2)cc1. The Morgan fingerprint density at radius 3 is 2.42 bits per heavy atom. The average molecular weight is 187 g/mol. The Kier molecular flexibility index (Phi) is 2.95. The maximum Gasteiger partial charge on any atom is 0.115 e. The Morgan fingerprint density at radius 2 is 1.92 bits per heavy atom. The van der Waals surface area contributed by atoms with Crippen LogP contribution in [0.5, 0.6) is 5.75 Å². The molecule has 1 aromatic carbocycles. The lowest BCUT2D eigenvalue weighted by molar-refractivity contribution is 0.407. The van der Waals surface area contributed by atoms with E-state index in [-0.39, 0.29) is 12.4 Å². The molecule has 1 saturated heterocycles. The van der Waals surface area contributed by atoms with Crippen molar-refractivity contribution in [3.8, 4) is 5.75 Å². The molecular formula is C9H11ClO2. The van der Waals surface area contributed by atoms with Crippen molar-refractivity contribution in [3.63, 3.8) is 0 Å². The van der Waals surface area contributed by atoms with E-state index in [0.717, 1.165) is 13.0 Å². The summed E-state index contributed by atoms with van der Waals surface area (Å²) in [5.74, 6) is 0.325. The van der Waals surface area contributed by atoms with Crippen LogP contribution in [-0.4, -0.2) is 17.8 Å². The van der Waals surface area contributed by atoms with Crippen molar-refractivity contribution in [1.82, 2.24) is 0 Å². The number of epoxide rings is 1. The van der Waals surface area contributed by atoms with Gasteiger partial charge in [0.15, 0.2) is 0 Å². The predicted octanol–water partition coefficient (Wildman–Crippen LogP) is 1.76. The van der Waals surface area contributed by atoms with Gasteiger partial charge in [-0.1, -0.05) is 12.1 Å². The van der Waals surface area contributed by atoms with E-state index >= 15 is 0 Å². The van der Waals surface area contributed by atoms with Crippen LogP contribution in [0.25, 0.3) is 0 Å². The molecule has 1 aliphatic rings. The van der Waals surface area contributed by atoms with Gasteiger partial charge in [-0.15, -0.1) is 12.4 Å². The average Bonchev–Trinajstić information content (AvgIpc) is 2.78. The fourth-order valence-corrected chi connectivity index (χ4v) is 1.08. The molecule has 0 bridgehead atoms. The van der Waals surface area contributed by atoms with Crippen molar-refractivity contribution in [2.75, 3.05) is 6.61 Å². The van der Waals surface area contributed by atoms with Gasteiger partial charge in [-0.25, -0.2) is 0 Å². The largest absolute Gasteiger partial charge is 0.508 e. The minimum atomic E-state index is 0. The number of hydrogen-bond acceptors (Lipinski definition) is 2. The Bertz CT molecular complexity index is 241. The first-order valence-electron chi connectivity index (χ1n) is 3.74. The lowest BCUT2D eigenvalue weighted by Crippen LogP contribution is -1.91. The van der Waals surface area contributed by atoms with Gasteiger partial charge in [0, 0.05) is 6.42 Å².